The number of nitrogens with zero attached hydrogens (tertiary/aromatic N) is 2. The zero-order chi connectivity index (χ0) is 17.6. The van der Waals surface area contributed by atoms with Crippen LogP contribution in [0.4, 0.5) is 0 Å². The predicted octanol–water partition coefficient (Wildman–Crippen LogP) is 5.50. The van der Waals surface area contributed by atoms with Gasteiger partial charge in [-0.1, -0.05) is 22.9 Å². The van der Waals surface area contributed by atoms with Gasteiger partial charge in [0.05, 0.1) is 23.3 Å². The van der Waals surface area contributed by atoms with Crippen molar-refractivity contribution in [2.45, 2.75) is 32.0 Å². The highest BCUT2D eigenvalue weighted by molar-refractivity contribution is 9.11. The van der Waals surface area contributed by atoms with E-state index in [1.807, 2.05) is 18.2 Å². The number of methoxy groups -OCH3 is 1. The Balaban J connectivity index is 1.72. The third-order valence-electron chi connectivity index (χ3n) is 4.66. The highest BCUT2D eigenvalue weighted by Gasteiger charge is 2.40. The summed E-state index contributed by atoms with van der Waals surface area (Å²) in [5.74, 6) is 1.79. The Morgan fingerprint density at radius 1 is 1.24 bits per heavy atom. The third kappa shape index (κ3) is 2.95. The van der Waals surface area contributed by atoms with Crippen LogP contribution in [0.25, 0.3) is 0 Å². The van der Waals surface area contributed by atoms with Crippen LogP contribution in [-0.2, 0) is 0 Å². The van der Waals surface area contributed by atoms with Crippen LogP contribution in [0, 0.1) is 0 Å². The van der Waals surface area contributed by atoms with Crippen LogP contribution in [0.1, 0.15) is 36.9 Å². The molecule has 6 heteroatoms. The van der Waals surface area contributed by atoms with Crippen LogP contribution in [-0.4, -0.2) is 24.1 Å². The smallest absolute Gasteiger partial charge is 0.187 e. The van der Waals surface area contributed by atoms with Crippen LogP contribution >= 0.6 is 31.9 Å². The standard InChI is InChI=1S/C19H18Br2N2O2/c1-3-18-23-17(14-8-12(20)9-15(21)19(14)25-18)10-16(22-23)11-4-6-13(24-2)7-5-11/h4-9,17-18H,3,10H2,1-2H3. The minimum atomic E-state index is -0.0503. The van der Waals surface area contributed by atoms with Crippen LogP contribution in [0.5, 0.6) is 11.5 Å². The first-order valence-corrected chi connectivity index (χ1v) is 9.85. The van der Waals surface area contributed by atoms with Gasteiger partial charge in [0.2, 0.25) is 0 Å². The molecule has 2 atom stereocenters. The zero-order valence-electron chi connectivity index (χ0n) is 14.0. The number of hydrogen-bond acceptors (Lipinski definition) is 4. The van der Waals surface area contributed by atoms with E-state index in [-0.39, 0.29) is 12.3 Å². The Kier molecular flexibility index (Phi) is 4.50. The molecule has 0 fully saturated rings. The van der Waals surface area contributed by atoms with E-state index in [9.17, 15) is 0 Å². The molecule has 25 heavy (non-hydrogen) atoms. The van der Waals surface area contributed by atoms with E-state index in [1.54, 1.807) is 7.11 Å². The molecule has 0 aliphatic carbocycles. The fourth-order valence-corrected chi connectivity index (χ4v) is 4.77. The van der Waals surface area contributed by atoms with Gasteiger partial charge in [-0.3, -0.25) is 5.01 Å². The van der Waals surface area contributed by atoms with E-state index in [0.717, 1.165) is 44.6 Å². The second-order valence-corrected chi connectivity index (χ2v) is 7.93. The lowest BCUT2D eigenvalue weighted by Gasteiger charge is -2.38. The van der Waals surface area contributed by atoms with Gasteiger partial charge in [0.1, 0.15) is 11.5 Å². The second-order valence-electron chi connectivity index (χ2n) is 6.16. The molecule has 0 amide bonds. The summed E-state index contributed by atoms with van der Waals surface area (Å²) in [6, 6.07) is 12.4. The Morgan fingerprint density at radius 3 is 2.68 bits per heavy atom. The molecule has 130 valence electrons. The van der Waals surface area contributed by atoms with Crippen molar-refractivity contribution in [3.8, 4) is 11.5 Å². The largest absolute Gasteiger partial charge is 0.497 e. The van der Waals surface area contributed by atoms with Gasteiger partial charge in [-0.25, -0.2) is 0 Å². The maximum atomic E-state index is 6.23. The highest BCUT2D eigenvalue weighted by Crippen LogP contribution is 2.47. The first-order chi connectivity index (χ1) is 12.1. The fourth-order valence-electron chi connectivity index (χ4n) is 3.42. The normalized spacial score (nSPS) is 21.3. The zero-order valence-corrected chi connectivity index (χ0v) is 17.2. The molecule has 2 heterocycles. The van der Waals surface area contributed by atoms with Gasteiger partial charge in [0.15, 0.2) is 6.23 Å². The number of rotatable bonds is 3. The Labute approximate surface area is 164 Å². The van der Waals surface area contributed by atoms with Crippen LogP contribution in [0.3, 0.4) is 0 Å². The lowest BCUT2D eigenvalue weighted by Crippen LogP contribution is -2.39. The minimum absolute atomic E-state index is 0.0503. The molecule has 0 radical (unpaired) electrons. The molecule has 2 aliphatic heterocycles. The van der Waals surface area contributed by atoms with Crippen molar-refractivity contribution in [2.75, 3.05) is 7.11 Å². The van der Waals surface area contributed by atoms with Crippen molar-refractivity contribution in [2.24, 2.45) is 5.10 Å². The molecule has 4 rings (SSSR count). The van der Waals surface area contributed by atoms with Gasteiger partial charge >= 0.3 is 0 Å². The van der Waals surface area contributed by atoms with Gasteiger partial charge < -0.3 is 9.47 Å². The molecule has 2 unspecified atom stereocenters. The van der Waals surface area contributed by atoms with Crippen molar-refractivity contribution in [3.05, 3.63) is 56.5 Å². The van der Waals surface area contributed by atoms with Gasteiger partial charge in [0, 0.05) is 22.9 Å². The minimum Gasteiger partial charge on any atom is -0.497 e. The molecule has 0 spiro atoms. The van der Waals surface area contributed by atoms with Crippen LogP contribution < -0.4 is 9.47 Å². The number of halogens is 2. The van der Waals surface area contributed by atoms with Crippen LogP contribution in [0.15, 0.2) is 50.4 Å². The average Bonchev–Trinajstić information content (AvgIpc) is 3.07. The van der Waals surface area contributed by atoms with Crippen molar-refractivity contribution >= 4 is 37.6 Å². The summed E-state index contributed by atoms with van der Waals surface area (Å²) in [4.78, 5) is 0. The molecule has 0 aromatic heterocycles. The van der Waals surface area contributed by atoms with E-state index in [0.29, 0.717) is 0 Å². The molecular weight excluding hydrogens is 448 g/mol. The molecule has 0 saturated heterocycles. The maximum absolute atomic E-state index is 6.23. The summed E-state index contributed by atoms with van der Waals surface area (Å²) in [5, 5.41) is 7.01. The molecule has 4 nitrogen and oxygen atoms in total. The number of benzene rings is 2. The summed E-state index contributed by atoms with van der Waals surface area (Å²) in [7, 11) is 1.68. The molecule has 2 aromatic rings. The SMILES string of the molecule is CCC1Oc2c(Br)cc(Br)cc2C2CC(c3ccc(OC)cc3)=NN12. The van der Waals surface area contributed by atoms with E-state index in [2.05, 4.69) is 62.0 Å². The van der Waals surface area contributed by atoms with Crippen molar-refractivity contribution in [1.29, 1.82) is 0 Å². The Bertz CT molecular complexity index is 836. The van der Waals surface area contributed by atoms with E-state index in [4.69, 9.17) is 14.6 Å². The summed E-state index contributed by atoms with van der Waals surface area (Å²) in [6.45, 7) is 2.13. The van der Waals surface area contributed by atoms with Crippen molar-refractivity contribution in [3.63, 3.8) is 0 Å². The lowest BCUT2D eigenvalue weighted by atomic mass is 9.96. The molecule has 0 bridgehead atoms. The van der Waals surface area contributed by atoms with Gasteiger partial charge in [-0.15, -0.1) is 0 Å². The Hall–Kier alpha value is -1.53. The second kappa shape index (κ2) is 6.65. The molecule has 2 aliphatic rings. The monoisotopic (exact) mass is 464 g/mol. The molecule has 2 aromatic carbocycles. The predicted molar refractivity (Wildman–Crippen MR) is 105 cm³/mol. The van der Waals surface area contributed by atoms with E-state index in [1.165, 1.54) is 5.56 Å². The third-order valence-corrected chi connectivity index (χ3v) is 5.71. The van der Waals surface area contributed by atoms with Crippen molar-refractivity contribution in [1.82, 2.24) is 5.01 Å². The summed E-state index contributed by atoms with van der Waals surface area (Å²) >= 11 is 7.23. The summed E-state index contributed by atoms with van der Waals surface area (Å²) < 4.78 is 13.5. The maximum Gasteiger partial charge on any atom is 0.187 e. The van der Waals surface area contributed by atoms with E-state index < -0.39 is 0 Å². The highest BCUT2D eigenvalue weighted by atomic mass is 79.9. The topological polar surface area (TPSA) is 34.1 Å². The molecule has 0 N–H and O–H groups in total. The van der Waals surface area contributed by atoms with Crippen molar-refractivity contribution < 1.29 is 9.47 Å². The average molecular weight is 466 g/mol. The fraction of sp³-hybridized carbons (Fsp3) is 0.316. The Morgan fingerprint density at radius 2 is 2.00 bits per heavy atom. The van der Waals surface area contributed by atoms with Gasteiger partial charge in [0.25, 0.3) is 0 Å². The summed E-state index contributed by atoms with van der Waals surface area (Å²) in [6.07, 6.45) is 1.69. The first-order valence-electron chi connectivity index (χ1n) is 8.26. The number of hydrazone groups is 1. The molecular formula is C19H18Br2N2O2. The van der Waals surface area contributed by atoms with Gasteiger partial charge in [-0.2, -0.15) is 5.10 Å². The lowest BCUT2D eigenvalue weighted by molar-refractivity contribution is -0.0195. The number of ether oxygens (including phenoxy) is 2. The number of fused-ring (bicyclic) bond motifs is 3. The molecule has 0 saturated carbocycles. The van der Waals surface area contributed by atoms with Crippen LogP contribution in [0.2, 0.25) is 0 Å². The quantitative estimate of drug-likeness (QED) is 0.600. The number of hydrogen-bond donors (Lipinski definition) is 0. The van der Waals surface area contributed by atoms with Gasteiger partial charge in [-0.05, 0) is 57.9 Å². The summed E-state index contributed by atoms with van der Waals surface area (Å²) in [5.41, 5.74) is 3.37. The van der Waals surface area contributed by atoms with E-state index >= 15 is 0 Å². The first kappa shape index (κ1) is 16.9.